The first-order valence-corrected chi connectivity index (χ1v) is 17.6. The number of nitrogens with two attached hydrogens (primary N) is 1. The van der Waals surface area contributed by atoms with Crippen LogP contribution in [0.3, 0.4) is 0 Å². The van der Waals surface area contributed by atoms with Crippen molar-refractivity contribution in [2.75, 3.05) is 24.1 Å². The van der Waals surface area contributed by atoms with Crippen LogP contribution in [-0.4, -0.2) is 35.8 Å². The maximum absolute atomic E-state index is 13.0. The molecule has 0 spiro atoms. The summed E-state index contributed by atoms with van der Waals surface area (Å²) in [6.07, 6.45) is 13.9. The van der Waals surface area contributed by atoms with E-state index < -0.39 is 0 Å². The molecule has 4 aromatic rings. The summed E-state index contributed by atoms with van der Waals surface area (Å²) in [5, 5.41) is 11.5. The zero-order valence-corrected chi connectivity index (χ0v) is 28.6. The molecule has 8 nitrogen and oxygen atoms in total. The van der Waals surface area contributed by atoms with Crippen LogP contribution in [0.1, 0.15) is 95.4 Å². The number of hydrogen-bond donors (Lipinski definition) is 4. The van der Waals surface area contributed by atoms with Gasteiger partial charge in [0.1, 0.15) is 5.69 Å². The number of anilines is 2. The number of rotatable bonds is 8. The van der Waals surface area contributed by atoms with Crippen molar-refractivity contribution in [1.29, 1.82) is 0 Å². The lowest BCUT2D eigenvalue weighted by Gasteiger charge is -2.22. The van der Waals surface area contributed by atoms with Crippen LogP contribution in [0.2, 0.25) is 10.0 Å². The zero-order chi connectivity index (χ0) is 33.9. The Balaban J connectivity index is 0.000000214. The fourth-order valence-corrected chi connectivity index (χ4v) is 6.81. The molecule has 0 unspecified atom stereocenters. The molecule has 252 valence electrons. The van der Waals surface area contributed by atoms with Gasteiger partial charge >= 0.3 is 0 Å². The highest BCUT2D eigenvalue weighted by molar-refractivity contribution is 6.31. The first-order valence-electron chi connectivity index (χ1n) is 16.8. The number of fused-ring (bicyclic) bond motifs is 1. The van der Waals surface area contributed by atoms with Gasteiger partial charge < -0.3 is 21.7 Å². The van der Waals surface area contributed by atoms with Crippen LogP contribution in [0.25, 0.3) is 10.8 Å². The molecular weight excluding hydrogens is 645 g/mol. The van der Waals surface area contributed by atoms with Crippen LogP contribution in [0, 0.1) is 11.8 Å². The highest BCUT2D eigenvalue weighted by Crippen LogP contribution is 2.26. The molecular formula is C38H43Cl2N5O3. The second-order valence-corrected chi connectivity index (χ2v) is 13.6. The van der Waals surface area contributed by atoms with E-state index in [1.54, 1.807) is 42.6 Å². The number of aromatic nitrogens is 1. The lowest BCUT2D eigenvalue weighted by Crippen LogP contribution is -2.31. The molecule has 3 aromatic carbocycles. The fraction of sp³-hybridized carbons (Fsp3) is 0.368. The van der Waals surface area contributed by atoms with Crippen LogP contribution in [0.4, 0.5) is 11.4 Å². The summed E-state index contributed by atoms with van der Waals surface area (Å²) in [5.74, 6) is 0.406. The van der Waals surface area contributed by atoms with Gasteiger partial charge in [-0.1, -0.05) is 86.0 Å². The lowest BCUT2D eigenvalue weighted by atomic mass is 9.89. The predicted octanol–water partition coefficient (Wildman–Crippen LogP) is 8.68. The Morgan fingerprint density at radius 2 is 1.25 bits per heavy atom. The van der Waals surface area contributed by atoms with Gasteiger partial charge in [-0.2, -0.15) is 0 Å². The first-order chi connectivity index (χ1) is 23.3. The van der Waals surface area contributed by atoms with Crippen molar-refractivity contribution in [2.24, 2.45) is 11.8 Å². The predicted molar refractivity (Wildman–Crippen MR) is 195 cm³/mol. The Hall–Kier alpha value is -4.14. The van der Waals surface area contributed by atoms with Crippen LogP contribution < -0.4 is 21.7 Å². The Labute approximate surface area is 292 Å². The average Bonchev–Trinajstić information content (AvgIpc) is 3.12. The molecule has 10 heteroatoms. The number of halogens is 2. The largest absolute Gasteiger partial charge is 0.398 e. The van der Waals surface area contributed by atoms with Crippen molar-refractivity contribution < 1.29 is 14.4 Å². The maximum Gasteiger partial charge on any atom is 0.274 e. The lowest BCUT2D eigenvalue weighted by molar-refractivity contribution is 0.0936. The number of pyridine rings is 1. The van der Waals surface area contributed by atoms with Gasteiger partial charge in [-0.15, -0.1) is 0 Å². The number of nitrogen functional groups attached to an aromatic ring is 1. The number of carbonyl (C=O) groups excluding carboxylic acids is 3. The SMILES string of the molecule is Nc1ccc(Cl)cc1C(=O)NCC1CCCCC1.O=C(NCC1CCCCC1)c1cc(Cl)ccc1NC(=O)c1nccc2ccccc12. The second kappa shape index (κ2) is 17.3. The molecule has 1 aromatic heterocycles. The summed E-state index contributed by atoms with van der Waals surface area (Å²) in [5.41, 5.74) is 7.81. The Morgan fingerprint density at radius 3 is 1.90 bits per heavy atom. The van der Waals surface area contributed by atoms with E-state index in [9.17, 15) is 14.4 Å². The number of amides is 3. The van der Waals surface area contributed by atoms with Crippen molar-refractivity contribution in [3.05, 3.63) is 99.8 Å². The zero-order valence-electron chi connectivity index (χ0n) is 27.1. The van der Waals surface area contributed by atoms with E-state index in [0.717, 1.165) is 30.2 Å². The van der Waals surface area contributed by atoms with Crippen LogP contribution >= 0.6 is 23.2 Å². The average molecular weight is 689 g/mol. The molecule has 2 aliphatic rings. The standard InChI is InChI=1S/C24H24ClN3O2.C14H19ClN2O/c25-18-10-11-21(20(14-18)23(29)27-15-16-6-2-1-3-7-16)28-24(30)22-19-9-5-4-8-17(19)12-13-26-22;15-11-6-7-13(16)12(8-11)14(18)17-9-10-4-2-1-3-5-10/h4-5,8-14,16H,1-3,6-7,15H2,(H,27,29)(H,28,30);6-8,10H,1-5,9,16H2,(H,17,18). The summed E-state index contributed by atoms with van der Waals surface area (Å²) in [6.45, 7) is 1.38. The Kier molecular flexibility index (Phi) is 12.7. The van der Waals surface area contributed by atoms with Gasteiger partial charge in [0, 0.05) is 40.4 Å². The third-order valence-electron chi connectivity index (χ3n) is 9.18. The minimum absolute atomic E-state index is 0.124. The third kappa shape index (κ3) is 9.70. The number of nitrogens with one attached hydrogen (secondary N) is 3. The van der Waals surface area contributed by atoms with Gasteiger partial charge in [-0.05, 0) is 85.4 Å². The summed E-state index contributed by atoms with van der Waals surface area (Å²) >= 11 is 12.0. The molecule has 3 amide bonds. The highest BCUT2D eigenvalue weighted by atomic mass is 35.5. The fourth-order valence-electron chi connectivity index (χ4n) is 6.47. The molecule has 48 heavy (non-hydrogen) atoms. The number of benzene rings is 3. The normalized spacial score (nSPS) is 15.2. The van der Waals surface area contributed by atoms with Crippen molar-refractivity contribution in [3.63, 3.8) is 0 Å². The van der Waals surface area contributed by atoms with E-state index in [1.807, 2.05) is 30.3 Å². The molecule has 0 aliphatic heterocycles. The Bertz CT molecular complexity index is 1730. The molecule has 0 atom stereocenters. The van der Waals surface area contributed by atoms with Crippen molar-refractivity contribution in [2.45, 2.75) is 64.2 Å². The summed E-state index contributed by atoms with van der Waals surface area (Å²) in [6, 6.07) is 19.3. The van der Waals surface area contributed by atoms with Gasteiger partial charge in [-0.3, -0.25) is 19.4 Å². The van der Waals surface area contributed by atoms with Gasteiger partial charge in [0.2, 0.25) is 0 Å². The molecule has 6 rings (SSSR count). The van der Waals surface area contributed by atoms with E-state index in [4.69, 9.17) is 28.9 Å². The summed E-state index contributed by atoms with van der Waals surface area (Å²) < 4.78 is 0. The minimum Gasteiger partial charge on any atom is -0.398 e. The van der Waals surface area contributed by atoms with E-state index in [2.05, 4.69) is 20.9 Å². The van der Waals surface area contributed by atoms with E-state index in [-0.39, 0.29) is 17.7 Å². The number of carbonyl (C=O) groups is 3. The number of nitrogens with zero attached hydrogens (tertiary/aromatic N) is 1. The molecule has 0 radical (unpaired) electrons. The van der Waals surface area contributed by atoms with Gasteiger partial charge in [0.05, 0.1) is 16.8 Å². The van der Waals surface area contributed by atoms with Crippen LogP contribution in [0.15, 0.2) is 72.9 Å². The quantitative estimate of drug-likeness (QED) is 0.138. The summed E-state index contributed by atoms with van der Waals surface area (Å²) in [7, 11) is 0. The van der Waals surface area contributed by atoms with Gasteiger partial charge in [0.15, 0.2) is 0 Å². The van der Waals surface area contributed by atoms with E-state index in [0.29, 0.717) is 56.6 Å². The molecule has 5 N–H and O–H groups in total. The number of hydrogen-bond acceptors (Lipinski definition) is 5. The summed E-state index contributed by atoms with van der Waals surface area (Å²) in [4.78, 5) is 42.1. The van der Waals surface area contributed by atoms with Crippen molar-refractivity contribution in [1.82, 2.24) is 15.6 Å². The van der Waals surface area contributed by atoms with Gasteiger partial charge in [0.25, 0.3) is 17.7 Å². The van der Waals surface area contributed by atoms with Crippen LogP contribution in [0.5, 0.6) is 0 Å². The molecule has 0 bridgehead atoms. The minimum atomic E-state index is -0.365. The third-order valence-corrected chi connectivity index (χ3v) is 9.65. The van der Waals surface area contributed by atoms with Crippen LogP contribution in [-0.2, 0) is 0 Å². The smallest absolute Gasteiger partial charge is 0.274 e. The maximum atomic E-state index is 13.0. The second-order valence-electron chi connectivity index (χ2n) is 12.7. The van der Waals surface area contributed by atoms with Gasteiger partial charge in [-0.25, -0.2) is 0 Å². The van der Waals surface area contributed by atoms with Crippen molar-refractivity contribution >= 4 is 63.1 Å². The molecule has 0 saturated heterocycles. The Morgan fingerprint density at radius 1 is 0.688 bits per heavy atom. The van der Waals surface area contributed by atoms with E-state index in [1.165, 1.54) is 51.4 Å². The molecule has 2 saturated carbocycles. The first kappa shape index (κ1) is 35.2. The van der Waals surface area contributed by atoms with Crippen molar-refractivity contribution in [3.8, 4) is 0 Å². The topological polar surface area (TPSA) is 126 Å². The molecule has 1 heterocycles. The van der Waals surface area contributed by atoms with E-state index >= 15 is 0 Å². The monoisotopic (exact) mass is 687 g/mol. The molecule has 2 fully saturated rings. The highest BCUT2D eigenvalue weighted by Gasteiger charge is 2.20. The molecule has 2 aliphatic carbocycles.